The first-order valence-electron chi connectivity index (χ1n) is 6.08. The average Bonchev–Trinajstić information content (AvgIpc) is 3.05. The van der Waals surface area contributed by atoms with Crippen molar-refractivity contribution in [2.75, 3.05) is 0 Å². The van der Waals surface area contributed by atoms with E-state index >= 15 is 0 Å². The molecule has 1 aromatic carbocycles. The lowest BCUT2D eigenvalue weighted by atomic mass is 10.1. The molecule has 2 heterocycles. The normalized spacial score (nSPS) is 13.0. The maximum Gasteiger partial charge on any atom is 0.0754 e. The number of rotatable bonds is 3. The van der Waals surface area contributed by atoms with Gasteiger partial charge in [-0.1, -0.05) is 35.0 Å². The number of benzene rings is 1. The number of hydrogen-bond acceptors (Lipinski definition) is 2. The third kappa shape index (κ3) is 2.44. The van der Waals surface area contributed by atoms with Gasteiger partial charge in [-0.25, -0.2) is 0 Å². The van der Waals surface area contributed by atoms with Crippen LogP contribution < -0.4 is 0 Å². The fourth-order valence-electron chi connectivity index (χ4n) is 2.24. The van der Waals surface area contributed by atoms with Crippen molar-refractivity contribution in [1.82, 2.24) is 0 Å². The minimum absolute atomic E-state index is 0.297. The molecule has 1 atom stereocenters. The molecule has 3 rings (SSSR count). The fourth-order valence-corrected chi connectivity index (χ4v) is 6.05. The largest absolute Gasteiger partial charge is 0.147 e. The third-order valence-electron chi connectivity index (χ3n) is 3.25. The van der Waals surface area contributed by atoms with E-state index in [9.17, 15) is 0 Å². The quantitative estimate of drug-likeness (QED) is 0.414. The zero-order valence-electron chi connectivity index (χ0n) is 10.3. The van der Waals surface area contributed by atoms with Gasteiger partial charge in [0, 0.05) is 14.0 Å². The summed E-state index contributed by atoms with van der Waals surface area (Å²) < 4.78 is 2.51. The maximum absolute atomic E-state index is 3.89. The van der Waals surface area contributed by atoms with Gasteiger partial charge in [0.1, 0.15) is 0 Å². The van der Waals surface area contributed by atoms with Gasteiger partial charge in [-0.05, 0) is 61.8 Å². The monoisotopic (exact) mass is 414 g/mol. The van der Waals surface area contributed by atoms with E-state index in [2.05, 4.69) is 73.8 Å². The van der Waals surface area contributed by atoms with Crippen LogP contribution in [0.2, 0.25) is 0 Å². The van der Waals surface area contributed by atoms with Crippen LogP contribution in [-0.4, -0.2) is 0 Å². The highest BCUT2D eigenvalue weighted by Crippen LogP contribution is 2.43. The van der Waals surface area contributed by atoms with E-state index in [4.69, 9.17) is 0 Å². The standard InChI is InChI=1S/C15H12Br2S2/c1-2-9-6-7-18-14(9)13(17)11-8-19-15-10(11)4-3-5-12(15)16/h3-8,13H,2H2,1H3. The van der Waals surface area contributed by atoms with Crippen LogP contribution in [0.4, 0.5) is 0 Å². The molecule has 0 radical (unpaired) electrons. The van der Waals surface area contributed by atoms with E-state index < -0.39 is 0 Å². The van der Waals surface area contributed by atoms with E-state index in [0.29, 0.717) is 4.83 Å². The zero-order valence-corrected chi connectivity index (χ0v) is 15.1. The van der Waals surface area contributed by atoms with Crippen LogP contribution in [0.3, 0.4) is 0 Å². The Hall–Kier alpha value is -0.160. The van der Waals surface area contributed by atoms with Crippen LogP contribution in [0, 0.1) is 0 Å². The molecule has 19 heavy (non-hydrogen) atoms. The second kappa shape index (κ2) is 5.68. The fraction of sp³-hybridized carbons (Fsp3) is 0.200. The van der Waals surface area contributed by atoms with Crippen LogP contribution in [0.5, 0.6) is 0 Å². The van der Waals surface area contributed by atoms with Crippen molar-refractivity contribution in [3.05, 3.63) is 55.5 Å². The molecular formula is C15H12Br2S2. The SMILES string of the molecule is CCc1ccsc1C(Br)c1csc2c(Br)cccc12. The van der Waals surface area contributed by atoms with Gasteiger partial charge in [0.2, 0.25) is 0 Å². The van der Waals surface area contributed by atoms with E-state index in [0.717, 1.165) is 6.42 Å². The van der Waals surface area contributed by atoms with Crippen LogP contribution in [0.15, 0.2) is 39.5 Å². The number of aryl methyl sites for hydroxylation is 1. The second-order valence-electron chi connectivity index (χ2n) is 4.33. The van der Waals surface area contributed by atoms with Crippen LogP contribution in [0.1, 0.15) is 27.8 Å². The van der Waals surface area contributed by atoms with Crippen LogP contribution in [-0.2, 0) is 6.42 Å². The minimum atomic E-state index is 0.297. The van der Waals surface area contributed by atoms with Crippen molar-refractivity contribution in [2.24, 2.45) is 0 Å². The number of halogens is 2. The number of thiophene rings is 2. The van der Waals surface area contributed by atoms with Gasteiger partial charge in [0.25, 0.3) is 0 Å². The maximum atomic E-state index is 3.89. The molecule has 0 saturated heterocycles. The summed E-state index contributed by atoms with van der Waals surface area (Å²) in [5.74, 6) is 0. The Labute approximate surface area is 137 Å². The predicted molar refractivity (Wildman–Crippen MR) is 94.0 cm³/mol. The first-order chi connectivity index (χ1) is 9.22. The molecule has 98 valence electrons. The summed E-state index contributed by atoms with van der Waals surface area (Å²) in [7, 11) is 0. The Balaban J connectivity index is 2.12. The smallest absolute Gasteiger partial charge is 0.0754 e. The van der Waals surface area contributed by atoms with E-state index in [-0.39, 0.29) is 0 Å². The summed E-state index contributed by atoms with van der Waals surface area (Å²) in [5.41, 5.74) is 2.82. The molecule has 2 aromatic heterocycles. The van der Waals surface area contributed by atoms with Gasteiger partial charge >= 0.3 is 0 Å². The number of alkyl halides is 1. The van der Waals surface area contributed by atoms with Crippen molar-refractivity contribution in [1.29, 1.82) is 0 Å². The highest BCUT2D eigenvalue weighted by atomic mass is 79.9. The minimum Gasteiger partial charge on any atom is -0.147 e. The lowest BCUT2D eigenvalue weighted by molar-refractivity contribution is 1.10. The van der Waals surface area contributed by atoms with Crippen molar-refractivity contribution in [3.8, 4) is 0 Å². The van der Waals surface area contributed by atoms with Crippen molar-refractivity contribution < 1.29 is 0 Å². The second-order valence-corrected chi connectivity index (χ2v) is 7.93. The summed E-state index contributed by atoms with van der Waals surface area (Å²) in [5, 5.41) is 5.80. The summed E-state index contributed by atoms with van der Waals surface area (Å²) in [6.45, 7) is 2.22. The Bertz CT molecular complexity index is 712. The van der Waals surface area contributed by atoms with Crippen molar-refractivity contribution >= 4 is 64.6 Å². The topological polar surface area (TPSA) is 0 Å². The summed E-state index contributed by atoms with van der Waals surface area (Å²) in [6, 6.07) is 8.66. The lowest BCUT2D eigenvalue weighted by Gasteiger charge is -2.09. The molecule has 0 aliphatic heterocycles. The highest BCUT2D eigenvalue weighted by Gasteiger charge is 2.19. The van der Waals surface area contributed by atoms with Crippen LogP contribution in [0.25, 0.3) is 10.1 Å². The van der Waals surface area contributed by atoms with Gasteiger partial charge in [-0.2, -0.15) is 0 Å². The molecule has 0 nitrogen and oxygen atoms in total. The first-order valence-corrected chi connectivity index (χ1v) is 9.55. The predicted octanol–water partition coefficient (Wildman–Crippen LogP) is 6.77. The molecule has 0 N–H and O–H groups in total. The summed E-state index contributed by atoms with van der Waals surface area (Å²) >= 11 is 11.2. The molecule has 3 aromatic rings. The molecule has 0 aliphatic rings. The van der Waals surface area contributed by atoms with E-state index in [1.54, 1.807) is 0 Å². The molecule has 0 amide bonds. The van der Waals surface area contributed by atoms with Crippen molar-refractivity contribution in [3.63, 3.8) is 0 Å². The average molecular weight is 416 g/mol. The molecule has 0 fully saturated rings. The van der Waals surface area contributed by atoms with Gasteiger partial charge in [-0.15, -0.1) is 22.7 Å². The van der Waals surface area contributed by atoms with Gasteiger partial charge < -0.3 is 0 Å². The number of fused-ring (bicyclic) bond motifs is 1. The number of hydrogen-bond donors (Lipinski definition) is 0. The van der Waals surface area contributed by atoms with Crippen molar-refractivity contribution in [2.45, 2.75) is 18.2 Å². The van der Waals surface area contributed by atoms with Gasteiger partial charge in [0.05, 0.1) is 4.83 Å². The molecule has 0 aliphatic carbocycles. The highest BCUT2D eigenvalue weighted by molar-refractivity contribution is 9.10. The van der Waals surface area contributed by atoms with Gasteiger partial charge in [-0.3, -0.25) is 0 Å². The Morgan fingerprint density at radius 3 is 2.84 bits per heavy atom. The molecule has 1 unspecified atom stereocenters. The Morgan fingerprint density at radius 2 is 2.05 bits per heavy atom. The van der Waals surface area contributed by atoms with Crippen LogP contribution >= 0.6 is 54.5 Å². The molecule has 0 spiro atoms. The first kappa shape index (κ1) is 13.8. The zero-order chi connectivity index (χ0) is 13.4. The molecule has 0 bridgehead atoms. The molecular weight excluding hydrogens is 404 g/mol. The summed E-state index contributed by atoms with van der Waals surface area (Å²) in [4.78, 5) is 1.73. The van der Waals surface area contributed by atoms with Gasteiger partial charge in [0.15, 0.2) is 0 Å². The lowest BCUT2D eigenvalue weighted by Crippen LogP contribution is -1.92. The van der Waals surface area contributed by atoms with E-state index in [1.807, 2.05) is 22.7 Å². The molecule has 4 heteroatoms. The third-order valence-corrected chi connectivity index (χ3v) is 7.50. The van der Waals surface area contributed by atoms with E-state index in [1.165, 1.54) is 30.6 Å². The molecule has 0 saturated carbocycles. The Morgan fingerprint density at radius 1 is 1.21 bits per heavy atom. The summed E-state index contributed by atoms with van der Waals surface area (Å²) in [6.07, 6.45) is 1.09. The Kier molecular flexibility index (Phi) is 4.13.